The first kappa shape index (κ1) is 25.7. The summed E-state index contributed by atoms with van der Waals surface area (Å²) in [6.07, 6.45) is 3.73. The highest BCUT2D eigenvalue weighted by Crippen LogP contribution is 2.46. The summed E-state index contributed by atoms with van der Waals surface area (Å²) in [5, 5.41) is 2.58. The van der Waals surface area contributed by atoms with E-state index in [4.69, 9.17) is 5.73 Å². The Balaban J connectivity index is 1.02. The molecule has 0 aromatic heterocycles. The standard InChI is InChI=1S/C30H38N6O3/c1-32-28(38)10-9-24(16-37)36-15-26-25(29(36)39)3-2-4-27(26)35-19-30(20-35)17-34(18-30)23-11-13-33(14-12-23)22-7-5-21(31)6-8-22/h2-8,16,23-24H,9-15,17-20,31H2,1H3,(H,32,38). The topological polar surface area (TPSA) is 102 Å². The second-order valence-corrected chi connectivity index (χ2v) is 11.7. The van der Waals surface area contributed by atoms with Crippen LogP contribution in [-0.4, -0.2) is 86.3 Å². The fraction of sp³-hybridized carbons (Fsp3) is 0.500. The highest BCUT2D eigenvalue weighted by atomic mass is 16.2. The van der Waals surface area contributed by atoms with Gasteiger partial charge in [0.05, 0.1) is 6.04 Å². The zero-order valence-corrected chi connectivity index (χ0v) is 22.6. The number of amides is 2. The van der Waals surface area contributed by atoms with Crippen molar-refractivity contribution in [2.75, 3.05) is 61.8 Å². The molecule has 9 heteroatoms. The van der Waals surface area contributed by atoms with Crippen molar-refractivity contribution in [3.63, 3.8) is 0 Å². The number of anilines is 3. The minimum atomic E-state index is -0.593. The van der Waals surface area contributed by atoms with Crippen LogP contribution < -0.4 is 20.9 Å². The predicted octanol–water partition coefficient (Wildman–Crippen LogP) is 2.11. The first-order chi connectivity index (χ1) is 18.9. The average Bonchev–Trinajstić information content (AvgIpc) is 3.25. The molecule has 2 aromatic carbocycles. The van der Waals surface area contributed by atoms with Gasteiger partial charge in [0.1, 0.15) is 6.29 Å². The third-order valence-corrected chi connectivity index (χ3v) is 9.18. The van der Waals surface area contributed by atoms with E-state index in [1.165, 1.54) is 18.5 Å². The van der Waals surface area contributed by atoms with Gasteiger partial charge < -0.3 is 30.5 Å². The summed E-state index contributed by atoms with van der Waals surface area (Å²) >= 11 is 0. The molecule has 0 aliphatic carbocycles. The number of likely N-dealkylation sites (tertiary alicyclic amines) is 1. The summed E-state index contributed by atoms with van der Waals surface area (Å²) in [6, 6.07) is 14.2. The molecule has 3 N–H and O–H groups in total. The number of hydrogen-bond donors (Lipinski definition) is 2. The van der Waals surface area contributed by atoms with Crippen molar-refractivity contribution in [1.29, 1.82) is 0 Å². The molecule has 9 nitrogen and oxygen atoms in total. The van der Waals surface area contributed by atoms with Crippen LogP contribution in [0.4, 0.5) is 17.1 Å². The van der Waals surface area contributed by atoms with Crippen LogP contribution in [0.5, 0.6) is 0 Å². The molecule has 4 aliphatic rings. The van der Waals surface area contributed by atoms with Gasteiger partial charge >= 0.3 is 0 Å². The molecule has 0 radical (unpaired) electrons. The van der Waals surface area contributed by atoms with Crippen LogP contribution in [0.1, 0.15) is 41.6 Å². The number of piperidine rings is 1. The monoisotopic (exact) mass is 530 g/mol. The Hall–Kier alpha value is -3.59. The van der Waals surface area contributed by atoms with Crippen molar-refractivity contribution in [2.24, 2.45) is 5.41 Å². The second kappa shape index (κ2) is 10.2. The number of nitrogens with two attached hydrogens (primary N) is 1. The lowest BCUT2D eigenvalue weighted by atomic mass is 9.71. The Labute approximate surface area is 229 Å². The molecule has 4 heterocycles. The van der Waals surface area contributed by atoms with Crippen molar-refractivity contribution in [1.82, 2.24) is 15.1 Å². The van der Waals surface area contributed by atoms with Crippen LogP contribution in [0.25, 0.3) is 0 Å². The maximum absolute atomic E-state index is 13.2. The highest BCUT2D eigenvalue weighted by Gasteiger charge is 2.54. The molecule has 2 aromatic rings. The maximum Gasteiger partial charge on any atom is 0.255 e. The third kappa shape index (κ3) is 4.73. The summed E-state index contributed by atoms with van der Waals surface area (Å²) < 4.78 is 0. The Bertz CT molecular complexity index is 1240. The number of nitrogens with zero attached hydrogens (tertiary/aromatic N) is 4. The first-order valence-corrected chi connectivity index (χ1v) is 14.1. The molecule has 4 aliphatic heterocycles. The molecule has 0 saturated carbocycles. The quantitative estimate of drug-likeness (QED) is 0.398. The van der Waals surface area contributed by atoms with Crippen molar-refractivity contribution in [2.45, 2.75) is 44.3 Å². The summed E-state index contributed by atoms with van der Waals surface area (Å²) in [7, 11) is 1.58. The molecule has 206 valence electrons. The lowest BCUT2D eigenvalue weighted by molar-refractivity contribution is -0.121. The Morgan fingerprint density at radius 2 is 1.79 bits per heavy atom. The number of carbonyl (C=O) groups is 3. The van der Waals surface area contributed by atoms with E-state index in [1.807, 2.05) is 24.3 Å². The molecular weight excluding hydrogens is 492 g/mol. The van der Waals surface area contributed by atoms with Crippen molar-refractivity contribution >= 4 is 35.2 Å². The van der Waals surface area contributed by atoms with Crippen LogP contribution in [-0.2, 0) is 16.1 Å². The summed E-state index contributed by atoms with van der Waals surface area (Å²) in [5.74, 6) is -0.240. The van der Waals surface area contributed by atoms with E-state index in [1.54, 1.807) is 11.9 Å². The lowest BCUT2D eigenvalue weighted by Gasteiger charge is -2.63. The SMILES string of the molecule is CNC(=O)CCC(C=O)N1Cc2c(cccc2N2CC3(C2)CN(C2CCN(c4ccc(N)cc4)CC2)C3)C1=O. The molecule has 3 saturated heterocycles. The number of nitrogens with one attached hydrogen (secondary N) is 1. The van der Waals surface area contributed by atoms with Gasteiger partial charge in [0.15, 0.2) is 0 Å². The molecule has 6 rings (SSSR count). The van der Waals surface area contributed by atoms with Crippen molar-refractivity contribution in [3.05, 3.63) is 53.6 Å². The summed E-state index contributed by atoms with van der Waals surface area (Å²) in [6.45, 7) is 6.87. The number of aldehydes is 1. The Morgan fingerprint density at radius 1 is 1.08 bits per heavy atom. The normalized spacial score (nSPS) is 21.4. The average molecular weight is 531 g/mol. The predicted molar refractivity (Wildman–Crippen MR) is 152 cm³/mol. The fourth-order valence-corrected chi connectivity index (χ4v) is 6.99. The molecule has 2 amide bonds. The van der Waals surface area contributed by atoms with Crippen molar-refractivity contribution < 1.29 is 14.4 Å². The number of benzene rings is 2. The Morgan fingerprint density at radius 3 is 2.46 bits per heavy atom. The van der Waals surface area contributed by atoms with E-state index in [-0.39, 0.29) is 18.2 Å². The van der Waals surface area contributed by atoms with E-state index in [0.717, 1.165) is 62.5 Å². The minimum absolute atomic E-state index is 0.115. The Kier molecular flexibility index (Phi) is 6.71. The number of fused-ring (bicyclic) bond motifs is 1. The van der Waals surface area contributed by atoms with E-state index in [9.17, 15) is 14.4 Å². The molecule has 39 heavy (non-hydrogen) atoms. The van der Waals surface area contributed by atoms with Crippen LogP contribution >= 0.6 is 0 Å². The van der Waals surface area contributed by atoms with Gasteiger partial charge in [0, 0.05) is 98.9 Å². The smallest absolute Gasteiger partial charge is 0.255 e. The number of hydrogen-bond acceptors (Lipinski definition) is 7. The minimum Gasteiger partial charge on any atom is -0.399 e. The van der Waals surface area contributed by atoms with Gasteiger partial charge in [-0.15, -0.1) is 0 Å². The van der Waals surface area contributed by atoms with Gasteiger partial charge in [-0.3, -0.25) is 14.5 Å². The van der Waals surface area contributed by atoms with Crippen LogP contribution in [0, 0.1) is 5.41 Å². The summed E-state index contributed by atoms with van der Waals surface area (Å²) in [5.41, 5.74) is 11.1. The van der Waals surface area contributed by atoms with Crippen LogP contribution in [0.3, 0.4) is 0 Å². The van der Waals surface area contributed by atoms with E-state index < -0.39 is 6.04 Å². The maximum atomic E-state index is 13.2. The van der Waals surface area contributed by atoms with Gasteiger partial charge in [-0.05, 0) is 55.7 Å². The molecule has 0 bridgehead atoms. The molecule has 1 unspecified atom stereocenters. The largest absolute Gasteiger partial charge is 0.399 e. The first-order valence-electron chi connectivity index (χ1n) is 14.1. The third-order valence-electron chi connectivity index (χ3n) is 9.18. The number of rotatable bonds is 8. The zero-order valence-electron chi connectivity index (χ0n) is 22.6. The highest BCUT2D eigenvalue weighted by molar-refractivity contribution is 6.01. The molecular formula is C30H38N6O3. The molecule has 1 atom stereocenters. The molecule has 1 spiro atoms. The van der Waals surface area contributed by atoms with Gasteiger partial charge in [0.2, 0.25) is 5.91 Å². The van der Waals surface area contributed by atoms with Gasteiger partial charge in [0.25, 0.3) is 5.91 Å². The van der Waals surface area contributed by atoms with Crippen molar-refractivity contribution in [3.8, 4) is 0 Å². The van der Waals surface area contributed by atoms with Crippen LogP contribution in [0.15, 0.2) is 42.5 Å². The number of nitrogen functional groups attached to an aromatic ring is 1. The van der Waals surface area contributed by atoms with Gasteiger partial charge in [-0.1, -0.05) is 6.07 Å². The number of carbonyl (C=O) groups excluding carboxylic acids is 3. The van der Waals surface area contributed by atoms with E-state index in [0.29, 0.717) is 30.0 Å². The van der Waals surface area contributed by atoms with Crippen LogP contribution in [0.2, 0.25) is 0 Å². The summed E-state index contributed by atoms with van der Waals surface area (Å²) in [4.78, 5) is 45.8. The van der Waals surface area contributed by atoms with E-state index in [2.05, 4.69) is 38.2 Å². The zero-order chi connectivity index (χ0) is 27.1. The van der Waals surface area contributed by atoms with E-state index >= 15 is 0 Å². The fourth-order valence-electron chi connectivity index (χ4n) is 6.99. The second-order valence-electron chi connectivity index (χ2n) is 11.7. The van der Waals surface area contributed by atoms with Gasteiger partial charge in [-0.25, -0.2) is 0 Å². The van der Waals surface area contributed by atoms with Gasteiger partial charge in [-0.2, -0.15) is 0 Å². The lowest BCUT2D eigenvalue weighted by Crippen LogP contribution is -2.74. The molecule has 3 fully saturated rings.